The van der Waals surface area contributed by atoms with Crippen molar-refractivity contribution in [2.45, 2.75) is 13.3 Å². The highest BCUT2D eigenvalue weighted by molar-refractivity contribution is 7.19. The summed E-state index contributed by atoms with van der Waals surface area (Å²) in [6.45, 7) is 1.84. The van der Waals surface area contributed by atoms with Gasteiger partial charge in [0, 0.05) is 19.9 Å². The molecule has 0 radical (unpaired) electrons. The maximum atomic E-state index is 11.8. The second-order valence-electron chi connectivity index (χ2n) is 4.11. The Bertz CT molecular complexity index is 651. The summed E-state index contributed by atoms with van der Waals surface area (Å²) in [6, 6.07) is 0. The van der Waals surface area contributed by atoms with Crippen LogP contribution in [-0.2, 0) is 11.2 Å². The van der Waals surface area contributed by atoms with Gasteiger partial charge in [0.25, 0.3) is 0 Å². The third kappa shape index (κ3) is 3.19. The third-order valence-corrected chi connectivity index (χ3v) is 3.95. The number of anilines is 2. The van der Waals surface area contributed by atoms with Gasteiger partial charge in [0.05, 0.1) is 17.7 Å². The minimum Gasteiger partial charge on any atom is -0.465 e. The zero-order chi connectivity index (χ0) is 15.4. The maximum absolute atomic E-state index is 11.8. The Hall–Kier alpha value is -2.42. The van der Waals surface area contributed by atoms with E-state index in [0.29, 0.717) is 28.7 Å². The third-order valence-electron chi connectivity index (χ3n) is 2.69. The lowest BCUT2D eigenvalue weighted by molar-refractivity contribution is 0.0603. The Morgan fingerprint density at radius 3 is 2.86 bits per heavy atom. The smallest absolute Gasteiger partial charge is 0.343 e. The monoisotopic (exact) mass is 310 g/mol. The van der Waals surface area contributed by atoms with E-state index in [-0.39, 0.29) is 17.0 Å². The van der Waals surface area contributed by atoms with Crippen LogP contribution in [0.5, 0.6) is 0 Å². The number of ether oxygens (including phenoxy) is 1. The first-order chi connectivity index (χ1) is 10.0. The van der Waals surface area contributed by atoms with Gasteiger partial charge in [0.15, 0.2) is 12.1 Å². The van der Waals surface area contributed by atoms with Gasteiger partial charge < -0.3 is 20.3 Å². The van der Waals surface area contributed by atoms with Crippen molar-refractivity contribution in [3.05, 3.63) is 22.7 Å². The van der Waals surface area contributed by atoms with Gasteiger partial charge in [-0.15, -0.1) is 11.3 Å². The van der Waals surface area contributed by atoms with Crippen molar-refractivity contribution in [1.82, 2.24) is 10.1 Å². The average Bonchev–Trinajstić information content (AvgIpc) is 3.06. The fourth-order valence-electron chi connectivity index (χ4n) is 1.72. The minimum atomic E-state index is -0.587. The molecule has 3 N–H and O–H groups in total. The van der Waals surface area contributed by atoms with E-state index in [2.05, 4.69) is 15.5 Å². The lowest BCUT2D eigenvalue weighted by atomic mass is 10.2. The topological polar surface area (TPSA) is 120 Å². The van der Waals surface area contributed by atoms with Gasteiger partial charge in [-0.1, -0.05) is 5.16 Å². The molecule has 21 heavy (non-hydrogen) atoms. The standard InChI is InChI=1S/C12H14N4O4S/c1-6(17)10-9(13)8(12(18)19-2)11(21-10)14-4-3-7-15-5-16-20-7/h5,14H,3-4,13H2,1-2H3. The largest absolute Gasteiger partial charge is 0.465 e. The van der Waals surface area contributed by atoms with E-state index in [0.717, 1.165) is 11.3 Å². The van der Waals surface area contributed by atoms with Crippen LogP contribution in [0.1, 0.15) is 32.8 Å². The molecule has 9 heteroatoms. The zero-order valence-corrected chi connectivity index (χ0v) is 12.3. The summed E-state index contributed by atoms with van der Waals surface area (Å²) in [5.74, 6) is -0.317. The summed E-state index contributed by atoms with van der Waals surface area (Å²) in [7, 11) is 1.26. The van der Waals surface area contributed by atoms with Crippen molar-refractivity contribution < 1.29 is 18.8 Å². The number of carbonyl (C=O) groups excluding carboxylic acids is 2. The van der Waals surface area contributed by atoms with E-state index < -0.39 is 5.97 Å². The van der Waals surface area contributed by atoms with Gasteiger partial charge in [-0.05, 0) is 0 Å². The second-order valence-corrected chi connectivity index (χ2v) is 5.13. The van der Waals surface area contributed by atoms with Crippen molar-refractivity contribution >= 4 is 33.8 Å². The van der Waals surface area contributed by atoms with E-state index >= 15 is 0 Å². The zero-order valence-electron chi connectivity index (χ0n) is 11.5. The summed E-state index contributed by atoms with van der Waals surface area (Å²) < 4.78 is 9.57. The number of nitrogen functional groups attached to an aromatic ring is 1. The van der Waals surface area contributed by atoms with Crippen LogP contribution in [0.2, 0.25) is 0 Å². The molecule has 2 aromatic rings. The van der Waals surface area contributed by atoms with Crippen molar-refractivity contribution in [2.24, 2.45) is 0 Å². The molecule has 0 aliphatic carbocycles. The number of rotatable bonds is 6. The van der Waals surface area contributed by atoms with Crippen LogP contribution in [-0.4, -0.2) is 35.5 Å². The Morgan fingerprint density at radius 1 is 1.52 bits per heavy atom. The number of hydrogen-bond acceptors (Lipinski definition) is 9. The molecule has 0 aliphatic rings. The molecule has 2 heterocycles. The molecule has 0 aromatic carbocycles. The number of ketones is 1. The number of aromatic nitrogens is 2. The number of thiophene rings is 1. The number of nitrogens with zero attached hydrogens (tertiary/aromatic N) is 2. The molecule has 0 spiro atoms. The van der Waals surface area contributed by atoms with E-state index in [1.165, 1.54) is 20.4 Å². The van der Waals surface area contributed by atoms with E-state index in [1.54, 1.807) is 0 Å². The second kappa shape index (κ2) is 6.35. The molecule has 0 atom stereocenters. The van der Waals surface area contributed by atoms with Gasteiger partial charge >= 0.3 is 5.97 Å². The Kier molecular flexibility index (Phi) is 4.53. The van der Waals surface area contributed by atoms with Crippen molar-refractivity contribution in [3.63, 3.8) is 0 Å². The van der Waals surface area contributed by atoms with Gasteiger partial charge in [-0.25, -0.2) is 4.79 Å². The van der Waals surface area contributed by atoms with Crippen LogP contribution >= 0.6 is 11.3 Å². The average molecular weight is 310 g/mol. The van der Waals surface area contributed by atoms with E-state index in [9.17, 15) is 9.59 Å². The Morgan fingerprint density at radius 2 is 2.29 bits per heavy atom. The van der Waals surface area contributed by atoms with Gasteiger partial charge in [-0.2, -0.15) is 4.98 Å². The first kappa shape index (κ1) is 15.0. The quantitative estimate of drug-likeness (QED) is 0.606. The number of methoxy groups -OCH3 is 1. The van der Waals surface area contributed by atoms with Gasteiger partial charge in [0.2, 0.25) is 5.89 Å². The van der Waals surface area contributed by atoms with Crippen molar-refractivity contribution in [3.8, 4) is 0 Å². The SMILES string of the molecule is COC(=O)c1c(NCCc2ncno2)sc(C(C)=O)c1N. The molecule has 2 aromatic heterocycles. The highest BCUT2D eigenvalue weighted by atomic mass is 32.1. The molecule has 0 fully saturated rings. The van der Waals surface area contributed by atoms with Crippen LogP contribution in [0.3, 0.4) is 0 Å². The summed E-state index contributed by atoms with van der Waals surface area (Å²) in [6.07, 6.45) is 1.79. The lowest BCUT2D eigenvalue weighted by Crippen LogP contribution is -2.10. The summed E-state index contributed by atoms with van der Waals surface area (Å²) in [5.41, 5.74) is 6.17. The van der Waals surface area contributed by atoms with Gasteiger partial charge in [0.1, 0.15) is 10.6 Å². The summed E-state index contributed by atoms with van der Waals surface area (Å²) in [5, 5.41) is 7.03. The molecule has 8 nitrogen and oxygen atoms in total. The molecule has 0 amide bonds. The normalized spacial score (nSPS) is 10.4. The van der Waals surface area contributed by atoms with E-state index in [4.69, 9.17) is 15.0 Å². The van der Waals surface area contributed by atoms with Crippen LogP contribution < -0.4 is 11.1 Å². The molecule has 0 unspecified atom stereocenters. The fraction of sp³-hybridized carbons (Fsp3) is 0.333. The first-order valence-corrected chi connectivity index (χ1v) is 6.87. The predicted molar refractivity (Wildman–Crippen MR) is 76.6 cm³/mol. The number of nitrogens with two attached hydrogens (primary N) is 1. The van der Waals surface area contributed by atoms with Crippen LogP contribution in [0.15, 0.2) is 10.9 Å². The molecular weight excluding hydrogens is 296 g/mol. The fourth-order valence-corrected chi connectivity index (χ4v) is 2.75. The molecule has 0 saturated carbocycles. The van der Waals surface area contributed by atoms with Gasteiger partial charge in [-0.3, -0.25) is 4.79 Å². The molecule has 0 aliphatic heterocycles. The number of carbonyl (C=O) groups is 2. The van der Waals surface area contributed by atoms with Crippen molar-refractivity contribution in [1.29, 1.82) is 0 Å². The molecule has 112 valence electrons. The Balaban J connectivity index is 2.18. The lowest BCUT2D eigenvalue weighted by Gasteiger charge is -2.05. The summed E-state index contributed by atoms with van der Waals surface area (Å²) in [4.78, 5) is 27.5. The maximum Gasteiger partial charge on any atom is 0.343 e. The molecule has 0 bridgehead atoms. The number of hydrogen-bond donors (Lipinski definition) is 2. The van der Waals surface area contributed by atoms with Crippen molar-refractivity contribution in [2.75, 3.05) is 24.7 Å². The predicted octanol–water partition coefficient (Wildman–Crippen LogP) is 1.36. The number of nitrogens with one attached hydrogen (secondary N) is 1. The van der Waals surface area contributed by atoms with Crippen LogP contribution in [0.4, 0.5) is 10.7 Å². The Labute approximate surface area is 124 Å². The van der Waals surface area contributed by atoms with E-state index in [1.807, 2.05) is 0 Å². The first-order valence-electron chi connectivity index (χ1n) is 6.05. The van der Waals surface area contributed by atoms with Crippen LogP contribution in [0, 0.1) is 0 Å². The summed E-state index contributed by atoms with van der Waals surface area (Å²) >= 11 is 1.12. The minimum absolute atomic E-state index is 0.139. The number of esters is 1. The molecule has 0 saturated heterocycles. The molecule has 2 rings (SSSR count). The molecular formula is C12H14N4O4S. The number of Topliss-reactive ketones (excluding diaryl/α,β-unsaturated/α-hetero) is 1. The highest BCUT2D eigenvalue weighted by Crippen LogP contribution is 2.36. The highest BCUT2D eigenvalue weighted by Gasteiger charge is 2.24. The van der Waals surface area contributed by atoms with Crippen LogP contribution in [0.25, 0.3) is 0 Å².